The molecule has 10 heteroatoms. The lowest BCUT2D eigenvalue weighted by Gasteiger charge is -2.31. The van der Waals surface area contributed by atoms with E-state index in [-0.39, 0.29) is 28.5 Å². The number of hydrogen-bond donors (Lipinski definition) is 2. The zero-order valence-electron chi connectivity index (χ0n) is 19.1. The van der Waals surface area contributed by atoms with Gasteiger partial charge in [-0.05, 0) is 56.8 Å². The summed E-state index contributed by atoms with van der Waals surface area (Å²) in [6.07, 6.45) is 5.71. The first-order valence-corrected chi connectivity index (χ1v) is 10.9. The zero-order valence-corrected chi connectivity index (χ0v) is 19.9. The normalized spacial score (nSPS) is 16.5. The van der Waals surface area contributed by atoms with Gasteiger partial charge in [0.05, 0.1) is 7.11 Å². The summed E-state index contributed by atoms with van der Waals surface area (Å²) in [6, 6.07) is 0. The van der Waals surface area contributed by atoms with Crippen molar-refractivity contribution in [2.75, 3.05) is 13.7 Å². The minimum atomic E-state index is -2.72. The average Bonchev–Trinajstić information content (AvgIpc) is 2.76. The number of rotatable bonds is 13. The molecule has 2 N–H and O–H groups in total. The van der Waals surface area contributed by atoms with Crippen LogP contribution in [0.2, 0.25) is 0 Å². The van der Waals surface area contributed by atoms with Crippen LogP contribution in [0, 0.1) is 11.8 Å². The maximum atomic E-state index is 13.5. The number of aliphatic imine (C=N–C) groups is 1. The van der Waals surface area contributed by atoms with Gasteiger partial charge in [-0.1, -0.05) is 26.5 Å². The van der Waals surface area contributed by atoms with Crippen molar-refractivity contribution in [1.29, 1.82) is 0 Å². The van der Waals surface area contributed by atoms with Crippen molar-refractivity contribution in [2.24, 2.45) is 21.9 Å². The van der Waals surface area contributed by atoms with Crippen molar-refractivity contribution >= 4 is 35.7 Å². The number of allylic oxidation sites excluding steroid dienone is 4. The second-order valence-electron chi connectivity index (χ2n) is 7.44. The minimum Gasteiger partial charge on any atom is -0.474 e. The number of amides is 1. The third-order valence-electron chi connectivity index (χ3n) is 4.92. The van der Waals surface area contributed by atoms with Crippen LogP contribution in [0.3, 0.4) is 0 Å². The summed E-state index contributed by atoms with van der Waals surface area (Å²) in [7, 11) is 1.47. The molecule has 178 valence electrons. The first-order valence-electron chi connectivity index (χ1n) is 10.5. The molecule has 0 saturated heterocycles. The molecule has 1 heterocycles. The van der Waals surface area contributed by atoms with Gasteiger partial charge in [-0.15, -0.1) is 0 Å². The Hall–Kier alpha value is -2.62. The predicted molar refractivity (Wildman–Crippen MR) is 128 cm³/mol. The highest BCUT2D eigenvalue weighted by Crippen LogP contribution is 2.32. The van der Waals surface area contributed by atoms with Crippen molar-refractivity contribution in [3.05, 3.63) is 35.9 Å². The van der Waals surface area contributed by atoms with Crippen molar-refractivity contribution in [3.63, 3.8) is 0 Å². The first kappa shape index (κ1) is 27.4. The van der Waals surface area contributed by atoms with Gasteiger partial charge in [-0.25, -0.2) is 18.8 Å². The Morgan fingerprint density at radius 1 is 1.47 bits per heavy atom. The highest BCUT2D eigenvalue weighted by Gasteiger charge is 2.28. The van der Waals surface area contributed by atoms with Gasteiger partial charge in [0.1, 0.15) is 11.5 Å². The molecule has 0 radical (unpaired) electrons. The van der Waals surface area contributed by atoms with Crippen molar-refractivity contribution in [2.45, 2.75) is 52.9 Å². The second kappa shape index (κ2) is 14.4. The number of alkyl halides is 2. The number of methoxy groups -OCH3 is 1. The highest BCUT2D eigenvalue weighted by molar-refractivity contribution is 7.80. The van der Waals surface area contributed by atoms with Crippen molar-refractivity contribution in [1.82, 2.24) is 15.6 Å². The average molecular weight is 470 g/mol. The van der Waals surface area contributed by atoms with E-state index in [1.54, 1.807) is 6.21 Å². The number of hydrogen-bond acceptors (Lipinski definition) is 6. The lowest BCUT2D eigenvalue weighted by molar-refractivity contribution is -0.109. The monoisotopic (exact) mass is 469 g/mol. The van der Waals surface area contributed by atoms with E-state index < -0.39 is 6.43 Å². The smallest absolute Gasteiger partial charge is 0.280 e. The molecule has 1 rings (SSSR count). The van der Waals surface area contributed by atoms with E-state index in [0.29, 0.717) is 37.9 Å². The molecule has 1 amide bonds. The van der Waals surface area contributed by atoms with Crippen LogP contribution < -0.4 is 10.6 Å². The quantitative estimate of drug-likeness (QED) is 0.181. The predicted octanol–water partition coefficient (Wildman–Crippen LogP) is 4.35. The fourth-order valence-corrected chi connectivity index (χ4v) is 3.05. The van der Waals surface area contributed by atoms with Crippen LogP contribution in [0.25, 0.3) is 0 Å². The number of carbonyl (C=O) groups is 1. The largest absolute Gasteiger partial charge is 0.474 e. The number of ether oxygens (including phenoxy) is 1. The Labute approximate surface area is 194 Å². The summed E-state index contributed by atoms with van der Waals surface area (Å²) >= 11 is 5.02. The van der Waals surface area contributed by atoms with Crippen LogP contribution in [0.1, 0.15) is 46.5 Å². The molecule has 0 aromatic heterocycles. The molecule has 0 bridgehead atoms. The maximum Gasteiger partial charge on any atom is 0.280 e. The SMILES string of the molecule is C=C1N=C(C(F)F)C=C(C(C/C=C(\C)NC(=S)OC)CCCNC=O)N1/N=C\C(C)CC. The van der Waals surface area contributed by atoms with Gasteiger partial charge in [-0.2, -0.15) is 5.10 Å². The third kappa shape index (κ3) is 9.25. The number of nitrogens with one attached hydrogen (secondary N) is 2. The van der Waals surface area contributed by atoms with Gasteiger partial charge in [0.25, 0.3) is 11.6 Å². The molecule has 0 spiro atoms. The number of hydrazone groups is 1. The molecule has 0 saturated carbocycles. The highest BCUT2D eigenvalue weighted by atomic mass is 32.1. The topological polar surface area (TPSA) is 78.3 Å². The summed E-state index contributed by atoms with van der Waals surface area (Å²) < 4.78 is 32.0. The number of carbonyl (C=O) groups excluding carboxylic acids is 1. The van der Waals surface area contributed by atoms with Crippen LogP contribution >= 0.6 is 12.2 Å². The fourth-order valence-electron chi connectivity index (χ4n) is 2.89. The Kier molecular flexibility index (Phi) is 12.4. The number of nitrogens with zero attached hydrogens (tertiary/aromatic N) is 3. The van der Waals surface area contributed by atoms with E-state index in [1.807, 2.05) is 26.8 Å². The van der Waals surface area contributed by atoms with E-state index >= 15 is 0 Å². The molecule has 0 aromatic rings. The molecular formula is C22H33F2N5O2S. The fraction of sp³-hybridized carbons (Fsp3) is 0.545. The summed E-state index contributed by atoms with van der Waals surface area (Å²) in [5.74, 6) is 0.181. The van der Waals surface area contributed by atoms with E-state index in [1.165, 1.54) is 18.2 Å². The molecule has 7 nitrogen and oxygen atoms in total. The van der Waals surface area contributed by atoms with E-state index in [0.717, 1.165) is 12.1 Å². The molecule has 1 aliphatic rings. The van der Waals surface area contributed by atoms with E-state index in [9.17, 15) is 13.6 Å². The van der Waals surface area contributed by atoms with Crippen LogP contribution in [-0.4, -0.2) is 48.6 Å². The van der Waals surface area contributed by atoms with Gasteiger partial charge < -0.3 is 15.4 Å². The van der Waals surface area contributed by atoms with E-state index in [4.69, 9.17) is 17.0 Å². The van der Waals surface area contributed by atoms with Crippen molar-refractivity contribution in [3.8, 4) is 0 Å². The Morgan fingerprint density at radius 3 is 2.78 bits per heavy atom. The van der Waals surface area contributed by atoms with Gasteiger partial charge in [-0.3, -0.25) is 4.79 Å². The van der Waals surface area contributed by atoms with Crippen molar-refractivity contribution < 1.29 is 18.3 Å². The summed E-state index contributed by atoms with van der Waals surface area (Å²) in [6.45, 7) is 10.2. The summed E-state index contributed by atoms with van der Waals surface area (Å²) in [5, 5.41) is 11.9. The molecule has 0 fully saturated rings. The number of halogens is 2. The molecule has 2 unspecified atom stereocenters. The molecule has 0 aromatic carbocycles. The molecular weight excluding hydrogens is 436 g/mol. The molecule has 1 aliphatic heterocycles. The molecule has 2 atom stereocenters. The Balaban J connectivity index is 3.26. The van der Waals surface area contributed by atoms with Crippen LogP contribution in [0.5, 0.6) is 0 Å². The van der Waals surface area contributed by atoms with Crippen LogP contribution in [0.15, 0.2) is 46.0 Å². The zero-order chi connectivity index (χ0) is 24.1. The molecule has 0 aliphatic carbocycles. The van der Waals surface area contributed by atoms with Gasteiger partial charge in [0.15, 0.2) is 0 Å². The number of thiocarbonyl (C=S) groups is 1. The maximum absolute atomic E-state index is 13.5. The van der Waals surface area contributed by atoms with E-state index in [2.05, 4.69) is 27.3 Å². The van der Waals surface area contributed by atoms with Gasteiger partial charge in [0.2, 0.25) is 6.41 Å². The Bertz CT molecular complexity index is 780. The summed E-state index contributed by atoms with van der Waals surface area (Å²) in [4.78, 5) is 14.5. The lowest BCUT2D eigenvalue weighted by atomic mass is 9.93. The third-order valence-corrected chi connectivity index (χ3v) is 5.18. The standard InChI is InChI=1S/C22H33F2N5O2S/c1-6-15(2)13-26-29-17(4)28-19(21(23)24)12-20(29)18(8-7-11-25-14-30)10-9-16(3)27-22(32)31-5/h9,12-15,18,21H,4,6-8,10-11H2,1-3,5H3,(H,25,30)(H,27,32)/b16-9+,26-13-. The first-order chi connectivity index (χ1) is 15.2. The molecule has 32 heavy (non-hydrogen) atoms. The lowest BCUT2D eigenvalue weighted by Crippen LogP contribution is -2.29. The van der Waals surface area contributed by atoms with Crippen LogP contribution in [0.4, 0.5) is 8.78 Å². The van der Waals surface area contributed by atoms with Gasteiger partial charge >= 0.3 is 0 Å². The summed E-state index contributed by atoms with van der Waals surface area (Å²) in [5.41, 5.74) is 1.03. The Morgan fingerprint density at radius 2 is 2.19 bits per heavy atom. The van der Waals surface area contributed by atoms with Gasteiger partial charge in [0, 0.05) is 30.1 Å². The minimum absolute atomic E-state index is 0.146. The second-order valence-corrected chi connectivity index (χ2v) is 7.81. The van der Waals surface area contributed by atoms with Crippen LogP contribution in [-0.2, 0) is 9.53 Å².